The second-order valence-corrected chi connectivity index (χ2v) is 7.61. The van der Waals surface area contributed by atoms with Crippen molar-refractivity contribution in [3.63, 3.8) is 0 Å². The minimum Gasteiger partial charge on any atom is -0.361 e. The molecule has 0 bridgehead atoms. The molecule has 1 heterocycles. The Kier molecular flexibility index (Phi) is 5.95. The molecule has 0 fully saturated rings. The van der Waals surface area contributed by atoms with Crippen molar-refractivity contribution in [2.75, 3.05) is 0 Å². The number of hydrogen-bond donors (Lipinski definition) is 1. The highest BCUT2D eigenvalue weighted by atomic mass is 32.2. The first-order chi connectivity index (χ1) is 9.69. The van der Waals surface area contributed by atoms with E-state index in [2.05, 4.69) is 9.88 Å². The minimum absolute atomic E-state index is 0.0843. The molecule has 1 amide bonds. The van der Waals surface area contributed by atoms with Gasteiger partial charge in [0.25, 0.3) is 0 Å². The first kappa shape index (κ1) is 17.7. The minimum atomic E-state index is -3.59. The van der Waals surface area contributed by atoms with E-state index in [-0.39, 0.29) is 12.3 Å². The largest absolute Gasteiger partial charge is 0.361 e. The number of amides is 1. The third kappa shape index (κ3) is 4.56. The van der Waals surface area contributed by atoms with Crippen LogP contribution in [0.1, 0.15) is 63.0 Å². The van der Waals surface area contributed by atoms with E-state index in [0.717, 1.165) is 17.7 Å². The highest BCUT2D eigenvalue weighted by molar-refractivity contribution is 7.90. The van der Waals surface area contributed by atoms with E-state index in [0.29, 0.717) is 12.2 Å². The zero-order valence-electron chi connectivity index (χ0n) is 13.3. The van der Waals surface area contributed by atoms with Crippen LogP contribution in [-0.4, -0.2) is 24.7 Å². The molecule has 0 aliphatic carbocycles. The van der Waals surface area contributed by atoms with Crippen LogP contribution in [0.15, 0.2) is 4.52 Å². The molecule has 7 heteroatoms. The van der Waals surface area contributed by atoms with Crippen molar-refractivity contribution in [1.29, 1.82) is 0 Å². The Morgan fingerprint density at radius 3 is 2.43 bits per heavy atom. The second kappa shape index (κ2) is 7.06. The summed E-state index contributed by atoms with van der Waals surface area (Å²) in [6.07, 6.45) is 1.37. The molecule has 0 aliphatic heterocycles. The Bertz CT molecular complexity index is 573. The predicted octanol–water partition coefficient (Wildman–Crippen LogP) is 2.42. The zero-order chi connectivity index (χ0) is 16.2. The van der Waals surface area contributed by atoms with Crippen LogP contribution in [0.5, 0.6) is 0 Å². The summed E-state index contributed by atoms with van der Waals surface area (Å²) in [4.78, 5) is 12.0. The fraction of sp³-hybridized carbons (Fsp3) is 0.714. The van der Waals surface area contributed by atoms with Crippen LogP contribution >= 0.6 is 0 Å². The van der Waals surface area contributed by atoms with Gasteiger partial charge in [-0.3, -0.25) is 9.52 Å². The first-order valence-electron chi connectivity index (χ1n) is 7.16. The second-order valence-electron chi connectivity index (χ2n) is 5.51. The van der Waals surface area contributed by atoms with Crippen LogP contribution in [0.2, 0.25) is 0 Å². The van der Waals surface area contributed by atoms with Gasteiger partial charge in [-0.05, 0) is 33.1 Å². The molecular weight excluding hydrogens is 292 g/mol. The van der Waals surface area contributed by atoms with E-state index in [1.54, 1.807) is 20.8 Å². The molecule has 2 unspecified atom stereocenters. The fourth-order valence-corrected chi connectivity index (χ4v) is 3.58. The smallest absolute Gasteiger partial charge is 0.237 e. The van der Waals surface area contributed by atoms with E-state index in [1.807, 2.05) is 13.8 Å². The summed E-state index contributed by atoms with van der Waals surface area (Å²) in [6.45, 7) is 8.96. The molecule has 0 saturated carbocycles. The topological polar surface area (TPSA) is 89.3 Å². The maximum absolute atomic E-state index is 12.0. The highest BCUT2D eigenvalue weighted by Crippen LogP contribution is 2.25. The molecular formula is C14H24N2O4S. The summed E-state index contributed by atoms with van der Waals surface area (Å²) in [7, 11) is -3.59. The number of rotatable bonds is 7. The summed E-state index contributed by atoms with van der Waals surface area (Å²) in [5.74, 6) is 0.0217. The number of aromatic nitrogens is 1. The normalized spacial score (nSPS) is 14.7. The van der Waals surface area contributed by atoms with Gasteiger partial charge in [0.05, 0.1) is 10.9 Å². The molecule has 2 atom stereocenters. The standard InChI is InChI=1S/C14H24N2O4S/c1-6-7-10(3)21(18,19)16-13(17)8-9(2)14-11(4)15-20-12(14)5/h9-10H,6-8H2,1-5H3,(H,16,17). The van der Waals surface area contributed by atoms with Gasteiger partial charge in [-0.2, -0.15) is 0 Å². The van der Waals surface area contributed by atoms with Crippen molar-refractivity contribution in [3.05, 3.63) is 17.0 Å². The molecule has 1 N–H and O–H groups in total. The van der Waals surface area contributed by atoms with Crippen molar-refractivity contribution in [3.8, 4) is 0 Å². The Morgan fingerprint density at radius 1 is 1.33 bits per heavy atom. The lowest BCUT2D eigenvalue weighted by atomic mass is 9.96. The van der Waals surface area contributed by atoms with E-state index in [9.17, 15) is 13.2 Å². The van der Waals surface area contributed by atoms with Gasteiger partial charge in [0.1, 0.15) is 5.76 Å². The number of nitrogens with one attached hydrogen (secondary N) is 1. The number of hydrogen-bond acceptors (Lipinski definition) is 5. The summed E-state index contributed by atoms with van der Waals surface area (Å²) >= 11 is 0. The Hall–Kier alpha value is -1.37. The lowest BCUT2D eigenvalue weighted by molar-refractivity contribution is -0.119. The van der Waals surface area contributed by atoms with Crippen LogP contribution in [0, 0.1) is 13.8 Å². The maximum atomic E-state index is 12.0. The third-order valence-electron chi connectivity index (χ3n) is 3.55. The molecule has 0 aromatic carbocycles. The summed E-state index contributed by atoms with van der Waals surface area (Å²) in [5, 5.41) is 3.28. The number of sulfonamides is 1. The molecule has 1 aromatic heterocycles. The first-order valence-corrected chi connectivity index (χ1v) is 8.70. The maximum Gasteiger partial charge on any atom is 0.237 e. The van der Waals surface area contributed by atoms with Gasteiger partial charge in [-0.15, -0.1) is 0 Å². The monoisotopic (exact) mass is 316 g/mol. The SMILES string of the molecule is CCCC(C)S(=O)(=O)NC(=O)CC(C)c1c(C)noc1C. The Labute approximate surface area is 126 Å². The fourth-order valence-electron chi connectivity index (χ4n) is 2.44. The van der Waals surface area contributed by atoms with Gasteiger partial charge in [-0.1, -0.05) is 25.4 Å². The third-order valence-corrected chi connectivity index (χ3v) is 5.36. The lowest BCUT2D eigenvalue weighted by Gasteiger charge is -2.15. The quantitative estimate of drug-likeness (QED) is 0.834. The van der Waals surface area contributed by atoms with E-state index in [1.165, 1.54) is 0 Å². The van der Waals surface area contributed by atoms with Gasteiger partial charge >= 0.3 is 0 Å². The highest BCUT2D eigenvalue weighted by Gasteiger charge is 2.25. The number of aryl methyl sites for hydroxylation is 2. The molecule has 120 valence electrons. The van der Waals surface area contributed by atoms with Crippen molar-refractivity contribution < 1.29 is 17.7 Å². The van der Waals surface area contributed by atoms with Crippen LogP contribution in [0.25, 0.3) is 0 Å². The molecule has 1 aromatic rings. The number of carbonyl (C=O) groups is 1. The predicted molar refractivity (Wildman–Crippen MR) is 80.4 cm³/mol. The molecule has 0 spiro atoms. The lowest BCUT2D eigenvalue weighted by Crippen LogP contribution is -2.37. The Balaban J connectivity index is 2.70. The summed E-state index contributed by atoms with van der Waals surface area (Å²) in [6, 6.07) is 0. The van der Waals surface area contributed by atoms with E-state index >= 15 is 0 Å². The average Bonchev–Trinajstić information content (AvgIpc) is 2.68. The summed E-state index contributed by atoms with van der Waals surface area (Å²) < 4.78 is 31.2. The van der Waals surface area contributed by atoms with Crippen LogP contribution in [-0.2, 0) is 14.8 Å². The van der Waals surface area contributed by atoms with Crippen LogP contribution in [0.4, 0.5) is 0 Å². The van der Waals surface area contributed by atoms with Gasteiger partial charge in [-0.25, -0.2) is 8.42 Å². The molecule has 1 rings (SSSR count). The number of carbonyl (C=O) groups excluding carboxylic acids is 1. The molecule has 21 heavy (non-hydrogen) atoms. The van der Waals surface area contributed by atoms with Gasteiger partial charge in [0.2, 0.25) is 15.9 Å². The van der Waals surface area contributed by atoms with Crippen LogP contribution in [0.3, 0.4) is 0 Å². The number of nitrogens with zero attached hydrogens (tertiary/aromatic N) is 1. The van der Waals surface area contributed by atoms with Gasteiger partial charge in [0.15, 0.2) is 0 Å². The summed E-state index contributed by atoms with van der Waals surface area (Å²) in [5.41, 5.74) is 1.60. The van der Waals surface area contributed by atoms with Gasteiger partial charge in [0, 0.05) is 12.0 Å². The van der Waals surface area contributed by atoms with Crippen molar-refractivity contribution in [2.45, 2.75) is 65.0 Å². The molecule has 0 radical (unpaired) electrons. The van der Waals surface area contributed by atoms with E-state index in [4.69, 9.17) is 4.52 Å². The van der Waals surface area contributed by atoms with Gasteiger partial charge < -0.3 is 4.52 Å². The van der Waals surface area contributed by atoms with Crippen molar-refractivity contribution in [1.82, 2.24) is 9.88 Å². The zero-order valence-corrected chi connectivity index (χ0v) is 14.1. The van der Waals surface area contributed by atoms with E-state index < -0.39 is 21.2 Å². The molecule has 0 saturated heterocycles. The molecule has 0 aliphatic rings. The Morgan fingerprint density at radius 2 is 1.95 bits per heavy atom. The van der Waals surface area contributed by atoms with Crippen molar-refractivity contribution >= 4 is 15.9 Å². The average molecular weight is 316 g/mol. The van der Waals surface area contributed by atoms with Crippen molar-refractivity contribution in [2.24, 2.45) is 0 Å². The molecule has 6 nitrogen and oxygen atoms in total. The van der Waals surface area contributed by atoms with Crippen LogP contribution < -0.4 is 4.72 Å².